The maximum Gasteiger partial charge on any atom is 0.271 e. The number of carbonyl (C=O) groups excluding carboxylic acids is 2. The highest BCUT2D eigenvalue weighted by Crippen LogP contribution is 2.36. The van der Waals surface area contributed by atoms with E-state index < -0.39 is 5.54 Å². The van der Waals surface area contributed by atoms with Crippen molar-refractivity contribution in [3.05, 3.63) is 47.4 Å². The van der Waals surface area contributed by atoms with Gasteiger partial charge in [0.1, 0.15) is 17.0 Å². The molecule has 0 aromatic carbocycles. The Hall–Kier alpha value is -2.54. The Labute approximate surface area is 186 Å². The largest absolute Gasteiger partial charge is 0.467 e. The van der Waals surface area contributed by atoms with E-state index in [9.17, 15) is 9.59 Å². The molecule has 4 heterocycles. The van der Waals surface area contributed by atoms with Gasteiger partial charge in [-0.1, -0.05) is 26.7 Å². The average Bonchev–Trinajstić information content (AvgIpc) is 3.47. The smallest absolute Gasteiger partial charge is 0.271 e. The van der Waals surface area contributed by atoms with Gasteiger partial charge in [-0.3, -0.25) is 9.59 Å². The molecule has 0 bridgehead atoms. The summed E-state index contributed by atoms with van der Waals surface area (Å²) in [4.78, 5) is 29.1. The topological polar surface area (TPSA) is 67.5 Å². The quantitative estimate of drug-likeness (QED) is 0.643. The Bertz CT molecular complexity index is 1110. The molecular formula is C24H29N3O3S. The Balaban J connectivity index is 1.52. The van der Waals surface area contributed by atoms with Gasteiger partial charge in [-0.15, -0.1) is 11.3 Å². The zero-order chi connectivity index (χ0) is 21.8. The summed E-state index contributed by atoms with van der Waals surface area (Å²) in [6.45, 7) is 7.07. The molecule has 0 radical (unpaired) electrons. The van der Waals surface area contributed by atoms with Crippen molar-refractivity contribution in [2.24, 2.45) is 11.8 Å². The number of carbonyl (C=O) groups is 2. The molecule has 0 spiro atoms. The molecule has 2 aliphatic rings. The van der Waals surface area contributed by atoms with Crippen LogP contribution in [0.5, 0.6) is 0 Å². The van der Waals surface area contributed by atoms with Crippen molar-refractivity contribution in [2.75, 3.05) is 0 Å². The molecule has 2 amide bonds. The molecule has 1 saturated carbocycles. The van der Waals surface area contributed by atoms with Gasteiger partial charge in [0.2, 0.25) is 5.91 Å². The van der Waals surface area contributed by atoms with Crippen LogP contribution < -0.4 is 5.32 Å². The molecule has 7 heteroatoms. The van der Waals surface area contributed by atoms with Gasteiger partial charge >= 0.3 is 0 Å². The van der Waals surface area contributed by atoms with Crippen molar-refractivity contribution in [3.63, 3.8) is 0 Å². The van der Waals surface area contributed by atoms with Crippen molar-refractivity contribution in [1.82, 2.24) is 14.8 Å². The van der Waals surface area contributed by atoms with Crippen molar-refractivity contribution in [1.29, 1.82) is 0 Å². The summed E-state index contributed by atoms with van der Waals surface area (Å²) in [5.41, 5.74) is 0.647. The van der Waals surface area contributed by atoms with Gasteiger partial charge in [0, 0.05) is 6.04 Å². The number of furan rings is 1. The lowest BCUT2D eigenvalue weighted by Gasteiger charge is -2.45. The van der Waals surface area contributed by atoms with E-state index in [2.05, 4.69) is 19.2 Å². The third-order valence-corrected chi connectivity index (χ3v) is 8.31. The second kappa shape index (κ2) is 7.55. The molecule has 1 N–H and O–H groups in total. The Morgan fingerprint density at radius 2 is 2.16 bits per heavy atom. The number of hydrogen-bond acceptors (Lipinski definition) is 4. The number of hydrogen-bond donors (Lipinski definition) is 1. The van der Waals surface area contributed by atoms with Crippen LogP contribution in [0.1, 0.15) is 56.3 Å². The number of thiophene rings is 1. The van der Waals surface area contributed by atoms with Crippen LogP contribution in [0.3, 0.4) is 0 Å². The van der Waals surface area contributed by atoms with Crippen molar-refractivity contribution < 1.29 is 14.0 Å². The van der Waals surface area contributed by atoms with Crippen molar-refractivity contribution >= 4 is 33.4 Å². The van der Waals surface area contributed by atoms with Crippen LogP contribution in [0.15, 0.2) is 40.3 Å². The molecule has 0 unspecified atom stereocenters. The first-order chi connectivity index (χ1) is 14.9. The molecular weight excluding hydrogens is 410 g/mol. The summed E-state index contributed by atoms with van der Waals surface area (Å²) in [6.07, 6.45) is 4.92. The molecule has 3 aromatic heterocycles. The standard InChI is InChI=1S/C24H29N3O3S/c1-15-6-4-8-18(16(15)2)25-23(29)24(3)14-26-19-9-11-31-21(19)12-20(26)22(28)27(24)13-17-7-5-10-30-17/h5,7,9-12,15-16,18H,4,6,8,13-14H2,1-3H3,(H,25,29)/t15-,16-,18+,24-/m1/s1. The van der Waals surface area contributed by atoms with E-state index in [4.69, 9.17) is 4.42 Å². The van der Waals surface area contributed by atoms with Crippen LogP contribution in [-0.4, -0.2) is 32.9 Å². The van der Waals surface area contributed by atoms with Gasteiger partial charge in [-0.25, -0.2) is 0 Å². The van der Waals surface area contributed by atoms with Gasteiger partial charge in [-0.2, -0.15) is 0 Å². The summed E-state index contributed by atoms with van der Waals surface area (Å²) in [7, 11) is 0. The predicted molar refractivity (Wildman–Crippen MR) is 121 cm³/mol. The fourth-order valence-electron chi connectivity index (χ4n) is 5.19. The number of nitrogens with one attached hydrogen (secondary N) is 1. The van der Waals surface area contributed by atoms with Crippen LogP contribution in [0.2, 0.25) is 0 Å². The molecule has 3 aromatic rings. The van der Waals surface area contributed by atoms with Crippen LogP contribution in [-0.2, 0) is 17.9 Å². The van der Waals surface area contributed by atoms with E-state index in [1.807, 2.05) is 41.1 Å². The first-order valence-corrected chi connectivity index (χ1v) is 12.0. The Kier molecular flexibility index (Phi) is 4.96. The number of amides is 2. The Morgan fingerprint density at radius 1 is 1.32 bits per heavy atom. The summed E-state index contributed by atoms with van der Waals surface area (Å²) in [6, 6.07) is 7.77. The lowest BCUT2D eigenvalue weighted by atomic mass is 9.77. The third kappa shape index (κ3) is 3.30. The molecule has 31 heavy (non-hydrogen) atoms. The van der Waals surface area contributed by atoms with Gasteiger partial charge in [0.25, 0.3) is 5.91 Å². The molecule has 164 valence electrons. The summed E-state index contributed by atoms with van der Waals surface area (Å²) < 4.78 is 8.62. The zero-order valence-corrected chi connectivity index (χ0v) is 19.1. The van der Waals surface area contributed by atoms with Gasteiger partial charge in [-0.05, 0) is 54.8 Å². The predicted octanol–water partition coefficient (Wildman–Crippen LogP) is 4.65. The highest BCUT2D eigenvalue weighted by molar-refractivity contribution is 7.17. The summed E-state index contributed by atoms with van der Waals surface area (Å²) in [5, 5.41) is 5.36. The van der Waals surface area contributed by atoms with Gasteiger partial charge in [0.15, 0.2) is 0 Å². The highest BCUT2D eigenvalue weighted by atomic mass is 32.1. The molecule has 4 atom stereocenters. The minimum absolute atomic E-state index is 0.0823. The van der Waals surface area contributed by atoms with Crippen molar-refractivity contribution in [2.45, 2.75) is 64.7 Å². The number of rotatable bonds is 4. The van der Waals surface area contributed by atoms with E-state index in [0.29, 0.717) is 29.8 Å². The Morgan fingerprint density at radius 3 is 2.94 bits per heavy atom. The maximum absolute atomic E-state index is 13.8. The van der Waals surface area contributed by atoms with Crippen LogP contribution >= 0.6 is 11.3 Å². The van der Waals surface area contributed by atoms with Gasteiger partial charge in [0.05, 0.1) is 29.6 Å². The lowest BCUT2D eigenvalue weighted by Crippen LogP contribution is -2.65. The number of nitrogens with zero attached hydrogens (tertiary/aromatic N) is 2. The van der Waals surface area contributed by atoms with E-state index in [1.54, 1.807) is 22.5 Å². The maximum atomic E-state index is 13.8. The van der Waals surface area contributed by atoms with Gasteiger partial charge < -0.3 is 19.2 Å². The normalized spacial score (nSPS) is 28.7. The minimum atomic E-state index is -1.01. The summed E-state index contributed by atoms with van der Waals surface area (Å²) in [5.74, 6) is 1.47. The highest BCUT2D eigenvalue weighted by Gasteiger charge is 2.49. The number of aromatic nitrogens is 1. The van der Waals surface area contributed by atoms with E-state index in [1.165, 1.54) is 6.42 Å². The minimum Gasteiger partial charge on any atom is -0.467 e. The fraction of sp³-hybridized carbons (Fsp3) is 0.500. The van der Waals surface area contributed by atoms with Crippen LogP contribution in [0, 0.1) is 11.8 Å². The SMILES string of the molecule is C[C@@H]1[C@H](C)CCC[C@@H]1NC(=O)[C@@]1(C)Cn2c(cc3sccc32)C(=O)N1Cc1ccco1. The molecule has 6 nitrogen and oxygen atoms in total. The number of fused-ring (bicyclic) bond motifs is 3. The molecule has 1 aliphatic carbocycles. The van der Waals surface area contributed by atoms with E-state index in [0.717, 1.165) is 23.1 Å². The first kappa shape index (κ1) is 20.4. The van der Waals surface area contributed by atoms with Crippen LogP contribution in [0.25, 0.3) is 10.2 Å². The molecule has 1 aliphatic heterocycles. The molecule has 1 fully saturated rings. The molecule has 5 rings (SSSR count). The fourth-order valence-corrected chi connectivity index (χ4v) is 6.01. The second-order valence-electron chi connectivity index (χ2n) is 9.38. The first-order valence-electron chi connectivity index (χ1n) is 11.1. The monoisotopic (exact) mass is 439 g/mol. The van der Waals surface area contributed by atoms with E-state index in [-0.39, 0.29) is 24.4 Å². The van der Waals surface area contributed by atoms with Crippen LogP contribution in [0.4, 0.5) is 0 Å². The third-order valence-electron chi connectivity index (χ3n) is 7.46. The second-order valence-corrected chi connectivity index (χ2v) is 10.3. The molecule has 0 saturated heterocycles. The summed E-state index contributed by atoms with van der Waals surface area (Å²) >= 11 is 1.62. The average molecular weight is 440 g/mol. The van der Waals surface area contributed by atoms with E-state index >= 15 is 0 Å². The lowest BCUT2D eigenvalue weighted by molar-refractivity contribution is -0.134. The van der Waals surface area contributed by atoms with Crippen molar-refractivity contribution in [3.8, 4) is 0 Å². The zero-order valence-electron chi connectivity index (χ0n) is 18.3.